The van der Waals surface area contributed by atoms with Crippen molar-refractivity contribution in [1.82, 2.24) is 14.9 Å². The van der Waals surface area contributed by atoms with Gasteiger partial charge in [-0.05, 0) is 32.9 Å². The Labute approximate surface area is 124 Å². The van der Waals surface area contributed by atoms with E-state index in [0.29, 0.717) is 5.39 Å². The number of nitrogens with one attached hydrogen (secondary N) is 1. The van der Waals surface area contributed by atoms with Gasteiger partial charge in [-0.2, -0.15) is 0 Å². The summed E-state index contributed by atoms with van der Waals surface area (Å²) in [5.41, 5.74) is 0.675. The lowest BCUT2D eigenvalue weighted by Gasteiger charge is -2.38. The molecule has 5 nitrogen and oxygen atoms in total. The van der Waals surface area contributed by atoms with Crippen molar-refractivity contribution in [1.29, 1.82) is 0 Å². The van der Waals surface area contributed by atoms with E-state index in [2.05, 4.69) is 35.6 Å². The minimum absolute atomic E-state index is 0.0658. The van der Waals surface area contributed by atoms with E-state index in [1.165, 1.54) is 0 Å². The van der Waals surface area contributed by atoms with Crippen LogP contribution < -0.4 is 5.56 Å². The highest BCUT2D eigenvalue weighted by Crippen LogP contribution is 2.22. The van der Waals surface area contributed by atoms with Crippen molar-refractivity contribution in [2.45, 2.75) is 39.0 Å². The summed E-state index contributed by atoms with van der Waals surface area (Å²) >= 11 is 0. The number of aromatic nitrogens is 2. The van der Waals surface area contributed by atoms with Crippen molar-refractivity contribution in [2.75, 3.05) is 13.1 Å². The average Bonchev–Trinajstić information content (AvgIpc) is 2.45. The molecule has 0 saturated carbocycles. The number of fused-ring (bicyclic) bond motifs is 1. The number of morpholine rings is 1. The van der Waals surface area contributed by atoms with Gasteiger partial charge in [0.2, 0.25) is 0 Å². The Morgan fingerprint density at radius 1 is 1.29 bits per heavy atom. The second-order valence-corrected chi connectivity index (χ2v) is 5.86. The van der Waals surface area contributed by atoms with Crippen molar-refractivity contribution in [2.24, 2.45) is 0 Å². The number of ether oxygens (including phenoxy) is 1. The van der Waals surface area contributed by atoms with Crippen LogP contribution in [0.2, 0.25) is 0 Å². The number of para-hydroxylation sites is 1. The Morgan fingerprint density at radius 2 is 1.95 bits per heavy atom. The maximum Gasteiger partial charge on any atom is 0.258 e. The molecule has 0 radical (unpaired) electrons. The molecule has 0 spiro atoms. The van der Waals surface area contributed by atoms with Gasteiger partial charge in [-0.3, -0.25) is 9.69 Å². The first-order valence-electron chi connectivity index (χ1n) is 7.43. The van der Waals surface area contributed by atoms with Crippen molar-refractivity contribution < 1.29 is 4.74 Å². The summed E-state index contributed by atoms with van der Waals surface area (Å²) in [6, 6.07) is 7.51. The first kappa shape index (κ1) is 14.2. The number of H-pyrrole nitrogens is 1. The van der Waals surface area contributed by atoms with Gasteiger partial charge in [0.05, 0.1) is 29.2 Å². The third-order valence-corrected chi connectivity index (χ3v) is 4.02. The van der Waals surface area contributed by atoms with Gasteiger partial charge >= 0.3 is 0 Å². The molecule has 21 heavy (non-hydrogen) atoms. The fourth-order valence-electron chi connectivity index (χ4n) is 3.01. The molecule has 0 aliphatic carbocycles. The van der Waals surface area contributed by atoms with Crippen LogP contribution in [0, 0.1) is 0 Å². The Bertz CT molecular complexity index is 687. The van der Waals surface area contributed by atoms with Crippen LogP contribution in [-0.2, 0) is 4.74 Å². The number of aromatic amines is 1. The van der Waals surface area contributed by atoms with Crippen molar-refractivity contribution >= 4 is 10.9 Å². The van der Waals surface area contributed by atoms with E-state index < -0.39 is 0 Å². The molecule has 3 atom stereocenters. The third kappa shape index (κ3) is 2.84. The second-order valence-electron chi connectivity index (χ2n) is 5.86. The van der Waals surface area contributed by atoms with Crippen LogP contribution in [0.15, 0.2) is 29.1 Å². The zero-order valence-electron chi connectivity index (χ0n) is 12.7. The lowest BCUT2D eigenvalue weighted by molar-refractivity contribution is -0.0798. The summed E-state index contributed by atoms with van der Waals surface area (Å²) in [6.45, 7) is 7.93. The quantitative estimate of drug-likeness (QED) is 0.919. The molecule has 0 unspecified atom stereocenters. The van der Waals surface area contributed by atoms with E-state index >= 15 is 0 Å². The molecule has 112 valence electrons. The Balaban J connectivity index is 1.94. The van der Waals surface area contributed by atoms with Crippen LogP contribution in [0.5, 0.6) is 0 Å². The maximum absolute atomic E-state index is 12.2. The summed E-state index contributed by atoms with van der Waals surface area (Å²) in [7, 11) is 0. The van der Waals surface area contributed by atoms with E-state index in [9.17, 15) is 4.79 Å². The SMILES string of the molecule is C[C@@H]1CN([C@H](C)c2nc3ccccc3c(=O)[nH]2)C[C@H](C)O1. The van der Waals surface area contributed by atoms with Crippen LogP contribution in [0.4, 0.5) is 0 Å². The molecular weight excluding hydrogens is 266 g/mol. The highest BCUT2D eigenvalue weighted by atomic mass is 16.5. The molecule has 3 rings (SSSR count). The van der Waals surface area contributed by atoms with E-state index in [1.807, 2.05) is 18.2 Å². The molecule has 1 fully saturated rings. The first-order chi connectivity index (χ1) is 10.0. The van der Waals surface area contributed by atoms with E-state index in [1.54, 1.807) is 6.07 Å². The summed E-state index contributed by atoms with van der Waals surface area (Å²) in [4.78, 5) is 22.0. The average molecular weight is 287 g/mol. The Hall–Kier alpha value is -1.72. The van der Waals surface area contributed by atoms with Gasteiger partial charge < -0.3 is 9.72 Å². The van der Waals surface area contributed by atoms with E-state index in [-0.39, 0.29) is 23.8 Å². The molecule has 1 aliphatic rings. The van der Waals surface area contributed by atoms with Crippen molar-refractivity contribution in [3.05, 3.63) is 40.4 Å². The molecule has 2 heterocycles. The first-order valence-corrected chi connectivity index (χ1v) is 7.43. The third-order valence-electron chi connectivity index (χ3n) is 4.02. The zero-order chi connectivity index (χ0) is 15.0. The normalized spacial score (nSPS) is 25.1. The number of nitrogens with zero attached hydrogens (tertiary/aromatic N) is 2. The fraction of sp³-hybridized carbons (Fsp3) is 0.500. The van der Waals surface area contributed by atoms with Crippen molar-refractivity contribution in [3.8, 4) is 0 Å². The molecule has 1 aliphatic heterocycles. The van der Waals surface area contributed by atoms with E-state index in [0.717, 1.165) is 24.4 Å². The predicted octanol–water partition coefficient (Wildman–Crippen LogP) is 2.09. The lowest BCUT2D eigenvalue weighted by Crippen LogP contribution is -2.46. The van der Waals surface area contributed by atoms with E-state index in [4.69, 9.17) is 4.74 Å². The molecule has 1 aromatic heterocycles. The van der Waals surface area contributed by atoms with Crippen LogP contribution in [0.3, 0.4) is 0 Å². The van der Waals surface area contributed by atoms with Crippen molar-refractivity contribution in [3.63, 3.8) is 0 Å². The van der Waals surface area contributed by atoms with Gasteiger partial charge in [0, 0.05) is 13.1 Å². The summed E-state index contributed by atoms with van der Waals surface area (Å²) in [6.07, 6.45) is 0.395. The molecular formula is C16H21N3O2. The molecule has 1 aromatic carbocycles. The van der Waals surface area contributed by atoms with Gasteiger partial charge in [0.1, 0.15) is 5.82 Å². The number of hydrogen-bond donors (Lipinski definition) is 1. The monoisotopic (exact) mass is 287 g/mol. The minimum Gasteiger partial charge on any atom is -0.373 e. The molecule has 5 heteroatoms. The van der Waals surface area contributed by atoms with Crippen LogP contribution in [0.1, 0.15) is 32.6 Å². The second kappa shape index (κ2) is 5.58. The molecule has 1 saturated heterocycles. The molecule has 2 aromatic rings. The molecule has 0 amide bonds. The fourth-order valence-corrected chi connectivity index (χ4v) is 3.01. The topological polar surface area (TPSA) is 58.2 Å². The summed E-state index contributed by atoms with van der Waals surface area (Å²) in [5.74, 6) is 0.722. The van der Waals surface area contributed by atoms with Crippen LogP contribution in [0.25, 0.3) is 10.9 Å². The predicted molar refractivity (Wildman–Crippen MR) is 82.4 cm³/mol. The minimum atomic E-state index is -0.0724. The van der Waals surface area contributed by atoms with Crippen LogP contribution >= 0.6 is 0 Å². The smallest absolute Gasteiger partial charge is 0.258 e. The Morgan fingerprint density at radius 3 is 2.67 bits per heavy atom. The number of rotatable bonds is 2. The standard InChI is InChI=1S/C16H21N3O2/c1-10-8-19(9-11(2)21-10)12(3)15-17-14-7-5-4-6-13(14)16(20)18-15/h4-7,10-12H,8-9H2,1-3H3,(H,17,18,20)/t10-,11+,12-/m1/s1. The highest BCUT2D eigenvalue weighted by Gasteiger charge is 2.27. The van der Waals surface area contributed by atoms with Gasteiger partial charge in [0.15, 0.2) is 0 Å². The number of benzene rings is 1. The number of hydrogen-bond acceptors (Lipinski definition) is 4. The van der Waals surface area contributed by atoms with Gasteiger partial charge in [-0.25, -0.2) is 4.98 Å². The molecule has 1 N–H and O–H groups in total. The summed E-state index contributed by atoms with van der Waals surface area (Å²) < 4.78 is 5.76. The maximum atomic E-state index is 12.2. The molecule has 0 bridgehead atoms. The van der Waals surface area contributed by atoms with Gasteiger partial charge in [-0.15, -0.1) is 0 Å². The largest absolute Gasteiger partial charge is 0.373 e. The van der Waals surface area contributed by atoms with Gasteiger partial charge in [0.25, 0.3) is 5.56 Å². The Kier molecular flexibility index (Phi) is 3.78. The van der Waals surface area contributed by atoms with Gasteiger partial charge in [-0.1, -0.05) is 12.1 Å². The lowest BCUT2D eigenvalue weighted by atomic mass is 10.1. The zero-order valence-corrected chi connectivity index (χ0v) is 12.7. The highest BCUT2D eigenvalue weighted by molar-refractivity contribution is 5.77. The summed E-state index contributed by atoms with van der Waals surface area (Å²) in [5, 5.41) is 0.636. The van der Waals surface area contributed by atoms with Crippen LogP contribution in [-0.4, -0.2) is 40.2 Å².